The van der Waals surface area contributed by atoms with Crippen molar-refractivity contribution in [2.45, 2.75) is 24.9 Å². The molecule has 0 unspecified atom stereocenters. The van der Waals surface area contributed by atoms with E-state index in [1.54, 1.807) is 18.2 Å². The molecule has 2 heterocycles. The van der Waals surface area contributed by atoms with E-state index in [0.717, 1.165) is 11.3 Å². The van der Waals surface area contributed by atoms with Crippen LogP contribution in [-0.4, -0.2) is 31.6 Å². The zero-order valence-corrected chi connectivity index (χ0v) is 16.1. The second kappa shape index (κ2) is 7.92. The summed E-state index contributed by atoms with van der Waals surface area (Å²) < 4.78 is 6.95. The van der Waals surface area contributed by atoms with Crippen molar-refractivity contribution in [1.29, 1.82) is 0 Å². The van der Waals surface area contributed by atoms with E-state index in [1.165, 1.54) is 11.8 Å². The molecule has 1 N–H and O–H groups in total. The summed E-state index contributed by atoms with van der Waals surface area (Å²) in [5.74, 6) is 1.28. The van der Waals surface area contributed by atoms with E-state index < -0.39 is 0 Å². The van der Waals surface area contributed by atoms with Gasteiger partial charge in [0.2, 0.25) is 11.8 Å². The van der Waals surface area contributed by atoms with Crippen LogP contribution in [-0.2, 0) is 11.8 Å². The summed E-state index contributed by atoms with van der Waals surface area (Å²) in [5.41, 5.74) is 1.71. The zero-order chi connectivity index (χ0) is 18.7. The highest BCUT2D eigenvalue weighted by molar-refractivity contribution is 7.99. The van der Waals surface area contributed by atoms with E-state index in [9.17, 15) is 4.79 Å². The van der Waals surface area contributed by atoms with Gasteiger partial charge in [-0.3, -0.25) is 10.1 Å². The Hall–Kier alpha value is -2.32. The number of benzene rings is 1. The summed E-state index contributed by atoms with van der Waals surface area (Å²) in [5, 5.41) is 16.2. The molecule has 3 aromatic rings. The summed E-state index contributed by atoms with van der Waals surface area (Å²) >= 11 is 7.21. The molecule has 3 rings (SSSR count). The molecule has 0 saturated carbocycles. The maximum Gasteiger partial charge on any atom is 0.237 e. The topological polar surface area (TPSA) is 85.8 Å². The van der Waals surface area contributed by atoms with Crippen molar-refractivity contribution >= 4 is 35.2 Å². The third kappa shape index (κ3) is 4.25. The first-order valence-electron chi connectivity index (χ1n) is 7.98. The first-order chi connectivity index (χ1) is 12.4. The van der Waals surface area contributed by atoms with Crippen LogP contribution in [0, 0.1) is 0 Å². The Labute approximate surface area is 160 Å². The number of thioether (sulfide) groups is 1. The predicted octanol–water partition coefficient (Wildman–Crippen LogP) is 3.98. The number of nitrogens with one attached hydrogen (secondary N) is 1. The van der Waals surface area contributed by atoms with Crippen LogP contribution in [0.15, 0.2) is 40.0 Å². The monoisotopic (exact) mass is 391 g/mol. The minimum absolute atomic E-state index is 0.185. The van der Waals surface area contributed by atoms with Gasteiger partial charge in [-0.05, 0) is 30.2 Å². The first-order valence-corrected chi connectivity index (χ1v) is 9.35. The number of amides is 1. The highest BCUT2D eigenvalue weighted by Crippen LogP contribution is 2.24. The summed E-state index contributed by atoms with van der Waals surface area (Å²) in [4.78, 5) is 12.1. The van der Waals surface area contributed by atoms with Gasteiger partial charge in [0.15, 0.2) is 11.0 Å². The second-order valence-corrected chi connectivity index (χ2v) is 7.36. The number of carbonyl (C=O) groups is 1. The molecule has 0 aliphatic heterocycles. The Bertz CT molecular complexity index is 904. The standard InChI is InChI=1S/C17H18ClN5O2S/c1-10(2)13-8-15(25-22-13)19-14(24)9-26-17-21-20-16(23(17)3)11-4-6-12(18)7-5-11/h4-8,10H,9H2,1-3H3,(H,19,24). The SMILES string of the molecule is CC(C)c1cc(NC(=O)CSc2nnc(-c3ccc(Cl)cc3)n2C)on1. The van der Waals surface area contributed by atoms with Gasteiger partial charge in [0.1, 0.15) is 0 Å². The molecule has 9 heteroatoms. The molecule has 26 heavy (non-hydrogen) atoms. The Balaban J connectivity index is 1.61. The number of aromatic nitrogens is 4. The average molecular weight is 392 g/mol. The maximum absolute atomic E-state index is 12.1. The highest BCUT2D eigenvalue weighted by atomic mass is 35.5. The van der Waals surface area contributed by atoms with Crippen LogP contribution < -0.4 is 5.32 Å². The van der Waals surface area contributed by atoms with E-state index in [2.05, 4.69) is 20.7 Å². The lowest BCUT2D eigenvalue weighted by Crippen LogP contribution is -2.14. The maximum atomic E-state index is 12.1. The van der Waals surface area contributed by atoms with E-state index in [4.69, 9.17) is 16.1 Å². The lowest BCUT2D eigenvalue weighted by molar-refractivity contribution is -0.113. The van der Waals surface area contributed by atoms with E-state index in [1.807, 2.05) is 37.6 Å². The molecule has 0 aliphatic rings. The molecule has 0 atom stereocenters. The smallest absolute Gasteiger partial charge is 0.237 e. The molecule has 0 saturated heterocycles. The van der Waals surface area contributed by atoms with Crippen LogP contribution in [0.1, 0.15) is 25.5 Å². The third-order valence-electron chi connectivity index (χ3n) is 3.65. The van der Waals surface area contributed by atoms with Gasteiger partial charge in [-0.25, -0.2) is 0 Å². The van der Waals surface area contributed by atoms with E-state index in [0.29, 0.717) is 21.9 Å². The van der Waals surface area contributed by atoms with Crippen LogP contribution in [0.2, 0.25) is 5.02 Å². The lowest BCUT2D eigenvalue weighted by Gasteiger charge is -2.04. The number of hydrogen-bond donors (Lipinski definition) is 1. The molecular formula is C17H18ClN5O2S. The minimum Gasteiger partial charge on any atom is -0.338 e. The number of carbonyl (C=O) groups excluding carboxylic acids is 1. The average Bonchev–Trinajstić information content (AvgIpc) is 3.21. The van der Waals surface area contributed by atoms with Crippen LogP contribution in [0.5, 0.6) is 0 Å². The van der Waals surface area contributed by atoms with Crippen LogP contribution >= 0.6 is 23.4 Å². The van der Waals surface area contributed by atoms with E-state index in [-0.39, 0.29) is 17.6 Å². The van der Waals surface area contributed by atoms with Crippen molar-refractivity contribution in [2.24, 2.45) is 7.05 Å². The Kier molecular flexibility index (Phi) is 5.63. The normalized spacial score (nSPS) is 11.1. The largest absolute Gasteiger partial charge is 0.338 e. The molecule has 0 bridgehead atoms. The Morgan fingerprint density at radius 2 is 2.04 bits per heavy atom. The van der Waals surface area contributed by atoms with Gasteiger partial charge in [-0.1, -0.05) is 42.4 Å². The van der Waals surface area contributed by atoms with Gasteiger partial charge in [-0.15, -0.1) is 10.2 Å². The highest BCUT2D eigenvalue weighted by Gasteiger charge is 2.14. The molecule has 0 spiro atoms. The fourth-order valence-corrected chi connectivity index (χ4v) is 3.05. The second-order valence-electron chi connectivity index (χ2n) is 5.98. The fourth-order valence-electron chi connectivity index (χ4n) is 2.21. The van der Waals surface area contributed by atoms with Crippen molar-refractivity contribution in [3.05, 3.63) is 41.0 Å². The van der Waals surface area contributed by atoms with Gasteiger partial charge in [0, 0.05) is 23.7 Å². The van der Waals surface area contributed by atoms with Crippen molar-refractivity contribution in [3.63, 3.8) is 0 Å². The summed E-state index contributed by atoms with van der Waals surface area (Å²) in [7, 11) is 1.86. The number of rotatable bonds is 6. The molecule has 7 nitrogen and oxygen atoms in total. The number of nitrogens with zero attached hydrogens (tertiary/aromatic N) is 4. The molecule has 0 fully saturated rings. The van der Waals surface area contributed by atoms with Gasteiger partial charge in [-0.2, -0.15) is 0 Å². The lowest BCUT2D eigenvalue weighted by atomic mass is 10.1. The van der Waals surface area contributed by atoms with Gasteiger partial charge < -0.3 is 9.09 Å². The van der Waals surface area contributed by atoms with Crippen molar-refractivity contribution in [3.8, 4) is 11.4 Å². The molecule has 2 aromatic heterocycles. The zero-order valence-electron chi connectivity index (χ0n) is 14.6. The van der Waals surface area contributed by atoms with Crippen molar-refractivity contribution in [1.82, 2.24) is 19.9 Å². The quantitative estimate of drug-likeness (QED) is 0.639. The Morgan fingerprint density at radius 3 is 2.69 bits per heavy atom. The molecule has 1 amide bonds. The number of halogens is 1. The molecule has 0 radical (unpaired) electrons. The van der Waals surface area contributed by atoms with Crippen LogP contribution in [0.25, 0.3) is 11.4 Å². The van der Waals surface area contributed by atoms with Crippen LogP contribution in [0.4, 0.5) is 5.88 Å². The fraction of sp³-hybridized carbons (Fsp3) is 0.294. The molecule has 1 aromatic carbocycles. The van der Waals surface area contributed by atoms with E-state index >= 15 is 0 Å². The van der Waals surface area contributed by atoms with Gasteiger partial charge in [0.05, 0.1) is 11.4 Å². The Morgan fingerprint density at radius 1 is 1.31 bits per heavy atom. The molecule has 136 valence electrons. The minimum atomic E-state index is -0.197. The number of hydrogen-bond acceptors (Lipinski definition) is 6. The van der Waals surface area contributed by atoms with Crippen LogP contribution in [0.3, 0.4) is 0 Å². The third-order valence-corrected chi connectivity index (χ3v) is 4.92. The summed E-state index contributed by atoms with van der Waals surface area (Å²) in [6.45, 7) is 4.01. The molecular weight excluding hydrogens is 374 g/mol. The first kappa shape index (κ1) is 18.5. The van der Waals surface area contributed by atoms with Gasteiger partial charge >= 0.3 is 0 Å². The van der Waals surface area contributed by atoms with Crippen molar-refractivity contribution < 1.29 is 9.32 Å². The number of anilines is 1. The predicted molar refractivity (Wildman–Crippen MR) is 101 cm³/mol. The summed E-state index contributed by atoms with van der Waals surface area (Å²) in [6, 6.07) is 9.09. The molecule has 0 aliphatic carbocycles. The summed E-state index contributed by atoms with van der Waals surface area (Å²) in [6.07, 6.45) is 0. The van der Waals surface area contributed by atoms with Gasteiger partial charge in [0.25, 0.3) is 0 Å². The van der Waals surface area contributed by atoms with Crippen molar-refractivity contribution in [2.75, 3.05) is 11.1 Å².